The number of ether oxygens (including phenoxy) is 1. The molecular weight excluding hydrogens is 493 g/mol. The fraction of sp³-hybridized carbons (Fsp3) is 0.452. The molecule has 0 heterocycles. The van der Waals surface area contributed by atoms with Gasteiger partial charge in [-0.15, -0.1) is 5.92 Å². The fourth-order valence-electron chi connectivity index (χ4n) is 3.97. The molecule has 2 aromatic rings. The number of Topliss-reactive ketones (excluding diaryl/α,β-unsaturated/α-hetero) is 1. The van der Waals surface area contributed by atoms with Crippen molar-refractivity contribution in [2.45, 2.75) is 66.9 Å². The van der Waals surface area contributed by atoms with Crippen LogP contribution in [0.15, 0.2) is 48.5 Å². The van der Waals surface area contributed by atoms with E-state index in [-0.39, 0.29) is 61.3 Å². The van der Waals surface area contributed by atoms with E-state index in [2.05, 4.69) is 82.9 Å². The van der Waals surface area contributed by atoms with Crippen molar-refractivity contribution in [1.82, 2.24) is 0 Å². The van der Waals surface area contributed by atoms with Crippen LogP contribution in [0, 0.1) is 42.4 Å². The second-order valence-electron chi connectivity index (χ2n) is 11.0. The number of rotatable bonds is 5. The van der Waals surface area contributed by atoms with Crippen molar-refractivity contribution in [3.8, 4) is 11.8 Å². The Morgan fingerprint density at radius 2 is 1.56 bits per heavy atom. The Hall–Kier alpha value is -1.27. The van der Waals surface area contributed by atoms with E-state index in [1.165, 1.54) is 11.1 Å². The Balaban J connectivity index is 0.000000364. The summed E-state index contributed by atoms with van der Waals surface area (Å²) in [5, 5.41) is 0. The van der Waals surface area contributed by atoms with Crippen LogP contribution in [-0.2, 0) is 48.7 Å². The van der Waals surface area contributed by atoms with E-state index >= 15 is 0 Å². The monoisotopic (exact) mass is 533 g/mol. The number of hydrogen-bond acceptors (Lipinski definition) is 2. The number of carbonyl (C=O) groups excluding carboxylic acids is 1. The van der Waals surface area contributed by atoms with Gasteiger partial charge in [0, 0.05) is 62.3 Å². The van der Waals surface area contributed by atoms with Crippen molar-refractivity contribution in [3.05, 3.63) is 84.6 Å². The molecule has 1 radical (unpaired) electrons. The molecule has 0 saturated heterocycles. The average Bonchev–Trinajstić information content (AvgIpc) is 2.72. The van der Waals surface area contributed by atoms with Crippen LogP contribution in [0.4, 0.5) is 0 Å². The van der Waals surface area contributed by atoms with Gasteiger partial charge in [0.05, 0.1) is 6.10 Å². The Kier molecular flexibility index (Phi) is 12.4. The standard InChI is InChI=1S/C19H17O.C12H23O.Y/c1-2-13-20-19-14-17-9-4-3-7-15(17)11-12-16-8-5-6-10-18(16)19;1-9(8-11(2,3)4)10(13)12(5,6)7;/h3-10,19H,1-2,13-14H2;9H,1,8H2,2-7H3;/q2*-1;. The molecule has 2 aromatic carbocycles. The SMILES string of the molecule is [CH2-]C(CC(C)(C)C)C(=O)C(C)(C)C.[CH2-]CCOC1Cc2ccccc2C#Cc2ccccc21.[Y]. The van der Waals surface area contributed by atoms with Crippen LogP contribution in [0.5, 0.6) is 0 Å². The Bertz CT molecular complexity index is 983. The molecule has 181 valence electrons. The molecule has 0 bridgehead atoms. The van der Waals surface area contributed by atoms with Crippen LogP contribution >= 0.6 is 0 Å². The number of carbonyl (C=O) groups is 1. The minimum absolute atomic E-state index is 0. The molecule has 0 saturated carbocycles. The van der Waals surface area contributed by atoms with Crippen molar-refractivity contribution in [2.75, 3.05) is 6.61 Å². The van der Waals surface area contributed by atoms with E-state index in [1.54, 1.807) is 0 Å². The van der Waals surface area contributed by atoms with E-state index in [9.17, 15) is 4.79 Å². The minimum Gasteiger partial charge on any atom is -0.376 e. The maximum absolute atomic E-state index is 11.8. The normalized spacial score (nSPS) is 15.5. The molecule has 2 nitrogen and oxygen atoms in total. The van der Waals surface area contributed by atoms with Crippen molar-refractivity contribution in [1.29, 1.82) is 0 Å². The molecular formula is C31H40O2Y-2. The first-order valence-electron chi connectivity index (χ1n) is 11.9. The van der Waals surface area contributed by atoms with Gasteiger partial charge in [-0.2, -0.15) is 6.42 Å². The first kappa shape index (κ1) is 30.8. The van der Waals surface area contributed by atoms with Gasteiger partial charge in [0.15, 0.2) is 0 Å². The van der Waals surface area contributed by atoms with Gasteiger partial charge in [0.1, 0.15) is 5.78 Å². The van der Waals surface area contributed by atoms with Crippen LogP contribution in [-0.4, -0.2) is 12.4 Å². The zero-order valence-corrected chi connectivity index (χ0v) is 24.7. The van der Waals surface area contributed by atoms with Crippen molar-refractivity contribution < 1.29 is 42.2 Å². The molecule has 3 heteroatoms. The van der Waals surface area contributed by atoms with E-state index in [0.717, 1.165) is 30.4 Å². The van der Waals surface area contributed by atoms with Crippen LogP contribution in [0.2, 0.25) is 0 Å². The summed E-state index contributed by atoms with van der Waals surface area (Å²) < 4.78 is 6.02. The number of benzene rings is 2. The molecule has 0 aromatic heterocycles. The predicted octanol–water partition coefficient (Wildman–Crippen LogP) is 7.41. The number of ketones is 1. The summed E-state index contributed by atoms with van der Waals surface area (Å²) >= 11 is 0. The Morgan fingerprint density at radius 1 is 1.00 bits per heavy atom. The predicted molar refractivity (Wildman–Crippen MR) is 139 cm³/mol. The summed E-state index contributed by atoms with van der Waals surface area (Å²) in [6.07, 6.45) is 2.57. The molecule has 0 N–H and O–H groups in total. The van der Waals surface area contributed by atoms with E-state index in [1.807, 2.05) is 32.9 Å². The summed E-state index contributed by atoms with van der Waals surface area (Å²) in [7, 11) is 0. The number of hydrogen-bond donors (Lipinski definition) is 0. The third kappa shape index (κ3) is 9.77. The first-order valence-corrected chi connectivity index (χ1v) is 11.9. The van der Waals surface area contributed by atoms with E-state index < -0.39 is 0 Å². The summed E-state index contributed by atoms with van der Waals surface area (Å²) in [6, 6.07) is 16.6. The molecule has 1 aliphatic carbocycles. The molecule has 0 aliphatic heterocycles. The van der Waals surface area contributed by atoms with E-state index in [4.69, 9.17) is 4.74 Å². The third-order valence-corrected chi connectivity index (χ3v) is 5.49. The zero-order valence-electron chi connectivity index (χ0n) is 21.9. The van der Waals surface area contributed by atoms with Gasteiger partial charge in [-0.25, -0.2) is 0 Å². The largest absolute Gasteiger partial charge is 0.376 e. The number of fused-ring (bicyclic) bond motifs is 2. The summed E-state index contributed by atoms with van der Waals surface area (Å²) in [5.41, 5.74) is 4.54. The van der Waals surface area contributed by atoms with Gasteiger partial charge in [-0.3, -0.25) is 0 Å². The molecule has 0 spiro atoms. The quantitative estimate of drug-likeness (QED) is 0.296. The van der Waals surface area contributed by atoms with Crippen molar-refractivity contribution in [3.63, 3.8) is 0 Å². The van der Waals surface area contributed by atoms with Gasteiger partial charge in [-0.1, -0.05) is 96.2 Å². The minimum atomic E-state index is -0.252. The molecule has 2 atom stereocenters. The molecule has 0 amide bonds. The molecule has 2 unspecified atom stereocenters. The second kappa shape index (κ2) is 13.7. The van der Waals surface area contributed by atoms with Crippen LogP contribution in [0.3, 0.4) is 0 Å². The first-order chi connectivity index (χ1) is 15.4. The van der Waals surface area contributed by atoms with Gasteiger partial charge in [0.25, 0.3) is 0 Å². The smallest absolute Gasteiger partial charge is 0.111 e. The van der Waals surface area contributed by atoms with Gasteiger partial charge in [-0.05, 0) is 28.7 Å². The van der Waals surface area contributed by atoms with Gasteiger partial charge in [0.2, 0.25) is 0 Å². The molecule has 1 aliphatic rings. The van der Waals surface area contributed by atoms with Crippen LogP contribution in [0.25, 0.3) is 0 Å². The fourth-order valence-corrected chi connectivity index (χ4v) is 3.97. The molecule has 3 rings (SSSR count). The zero-order chi connectivity index (χ0) is 24.6. The summed E-state index contributed by atoms with van der Waals surface area (Å²) in [5.74, 6) is 6.76. The maximum Gasteiger partial charge on any atom is 0.111 e. The van der Waals surface area contributed by atoms with Crippen LogP contribution < -0.4 is 0 Å². The van der Waals surface area contributed by atoms with Crippen LogP contribution in [0.1, 0.15) is 82.7 Å². The van der Waals surface area contributed by atoms with Crippen molar-refractivity contribution in [2.24, 2.45) is 16.7 Å². The second-order valence-corrected chi connectivity index (χ2v) is 11.0. The topological polar surface area (TPSA) is 26.3 Å². The van der Waals surface area contributed by atoms with Gasteiger partial charge < -0.3 is 23.4 Å². The Morgan fingerprint density at radius 3 is 2.15 bits per heavy atom. The summed E-state index contributed by atoms with van der Waals surface area (Å²) in [6.45, 7) is 20.8. The third-order valence-electron chi connectivity index (χ3n) is 5.49. The maximum atomic E-state index is 11.8. The summed E-state index contributed by atoms with van der Waals surface area (Å²) in [4.78, 5) is 11.8. The van der Waals surface area contributed by atoms with E-state index in [0.29, 0.717) is 6.61 Å². The average molecular weight is 534 g/mol. The molecule has 34 heavy (non-hydrogen) atoms. The molecule has 0 fully saturated rings. The van der Waals surface area contributed by atoms with Crippen molar-refractivity contribution >= 4 is 5.78 Å². The van der Waals surface area contributed by atoms with Gasteiger partial charge >= 0.3 is 0 Å². The Labute approximate surface area is 233 Å².